The standard InChI is InChI=1S/C24H35F3N4O6S/c1-19(2,3)13-12(38-17-28-15(30-31-17)24(25,26)27)10-11(14(32)33)22(10,20(4,5)6)23(13,16(34)35)29-18(36)37-21(7,8)9/h10-13H,1-9H3,(H,29,36)(H,32,33)(H,34,35)(H,28,30,31)/t10-,11-,12+,13?,22-,23+/m0/s1. The van der Waals surface area contributed by atoms with Crippen LogP contribution >= 0.6 is 11.8 Å². The summed E-state index contributed by atoms with van der Waals surface area (Å²) in [4.78, 5) is 42.7. The van der Waals surface area contributed by atoms with E-state index in [1.807, 2.05) is 5.10 Å². The van der Waals surface area contributed by atoms with Crippen LogP contribution in [-0.2, 0) is 20.5 Å². The van der Waals surface area contributed by atoms with E-state index in [0.717, 1.165) is 11.8 Å². The Bertz CT molecular complexity index is 1140. The highest BCUT2D eigenvalue weighted by Gasteiger charge is 2.92. The Hall–Kier alpha value is -2.51. The molecule has 0 aromatic carbocycles. The normalized spacial score (nSPS) is 31.5. The lowest BCUT2D eigenvalue weighted by Crippen LogP contribution is -2.70. The number of aliphatic carboxylic acids is 2. The number of nitrogens with one attached hydrogen (secondary N) is 2. The van der Waals surface area contributed by atoms with Crippen LogP contribution in [0.1, 0.15) is 68.1 Å². The number of carbonyl (C=O) groups is 3. The number of hydrogen-bond donors (Lipinski definition) is 4. The van der Waals surface area contributed by atoms with Gasteiger partial charge in [0.1, 0.15) is 5.60 Å². The predicted molar refractivity (Wildman–Crippen MR) is 130 cm³/mol. The molecule has 1 aromatic rings. The van der Waals surface area contributed by atoms with E-state index in [1.54, 1.807) is 62.3 Å². The molecule has 0 saturated heterocycles. The van der Waals surface area contributed by atoms with Gasteiger partial charge in [-0.15, -0.1) is 5.10 Å². The zero-order chi connectivity index (χ0) is 29.4. The van der Waals surface area contributed by atoms with Crippen molar-refractivity contribution in [3.63, 3.8) is 0 Å². The minimum Gasteiger partial charge on any atom is -0.481 e. The Morgan fingerprint density at radius 3 is 1.95 bits per heavy atom. The van der Waals surface area contributed by atoms with Gasteiger partial charge in [-0.05, 0) is 37.5 Å². The maximum Gasteiger partial charge on any atom is 0.451 e. The molecule has 1 heterocycles. The second-order valence-electron chi connectivity index (χ2n) is 13.1. The third-order valence-corrected chi connectivity index (χ3v) is 8.75. The van der Waals surface area contributed by atoms with Gasteiger partial charge >= 0.3 is 24.2 Å². The van der Waals surface area contributed by atoms with Gasteiger partial charge in [-0.1, -0.05) is 53.3 Å². The van der Waals surface area contributed by atoms with Gasteiger partial charge in [-0.3, -0.25) is 9.89 Å². The quantitative estimate of drug-likeness (QED) is 0.399. The van der Waals surface area contributed by atoms with Crippen molar-refractivity contribution in [2.24, 2.45) is 34.0 Å². The lowest BCUT2D eigenvalue weighted by molar-refractivity contribution is -0.160. The van der Waals surface area contributed by atoms with E-state index in [4.69, 9.17) is 4.74 Å². The molecule has 0 radical (unpaired) electrons. The van der Waals surface area contributed by atoms with Crippen LogP contribution in [0.3, 0.4) is 0 Å². The molecule has 1 unspecified atom stereocenters. The third-order valence-electron chi connectivity index (χ3n) is 7.52. The van der Waals surface area contributed by atoms with Crippen molar-refractivity contribution >= 4 is 29.8 Å². The van der Waals surface area contributed by atoms with E-state index in [1.165, 1.54) is 0 Å². The van der Waals surface area contributed by atoms with Gasteiger partial charge < -0.3 is 20.3 Å². The molecule has 1 aromatic heterocycles. The van der Waals surface area contributed by atoms with Crippen molar-refractivity contribution in [1.82, 2.24) is 20.5 Å². The fraction of sp³-hybridized carbons (Fsp3) is 0.792. The van der Waals surface area contributed by atoms with Gasteiger partial charge in [0, 0.05) is 16.6 Å². The number of halogens is 3. The largest absolute Gasteiger partial charge is 0.481 e. The lowest BCUT2D eigenvalue weighted by atomic mass is 9.57. The lowest BCUT2D eigenvalue weighted by Gasteiger charge is -2.51. The zero-order valence-corrected chi connectivity index (χ0v) is 23.6. The van der Waals surface area contributed by atoms with Gasteiger partial charge in [-0.25, -0.2) is 9.59 Å². The van der Waals surface area contributed by atoms with Crippen molar-refractivity contribution in [3.8, 4) is 0 Å². The molecule has 14 heteroatoms. The summed E-state index contributed by atoms with van der Waals surface area (Å²) in [5.74, 6) is -7.04. The number of carboxylic acids is 2. The van der Waals surface area contributed by atoms with Crippen molar-refractivity contribution in [2.45, 2.75) is 90.0 Å². The molecular weight excluding hydrogens is 529 g/mol. The smallest absolute Gasteiger partial charge is 0.451 e. The first-order chi connectivity index (χ1) is 16.9. The Labute approximate surface area is 222 Å². The minimum absolute atomic E-state index is 0.297. The number of alkyl carbamates (subject to hydrolysis) is 1. The number of H-pyrrole nitrogens is 1. The topological polar surface area (TPSA) is 154 Å². The first kappa shape index (κ1) is 30.0. The summed E-state index contributed by atoms with van der Waals surface area (Å²) in [6.07, 6.45) is -5.82. The highest BCUT2D eigenvalue weighted by molar-refractivity contribution is 7.99. The number of rotatable bonds is 5. The summed E-state index contributed by atoms with van der Waals surface area (Å²) in [7, 11) is 0. The average Bonchev–Trinajstić information content (AvgIpc) is 3.05. The fourth-order valence-corrected chi connectivity index (χ4v) is 8.58. The van der Waals surface area contributed by atoms with Gasteiger partial charge in [0.2, 0.25) is 11.0 Å². The van der Waals surface area contributed by atoms with Crippen LogP contribution in [0.4, 0.5) is 18.0 Å². The van der Waals surface area contributed by atoms with E-state index < -0.39 is 80.4 Å². The summed E-state index contributed by atoms with van der Waals surface area (Å²) in [5.41, 5.74) is -6.51. The van der Waals surface area contributed by atoms with Crippen molar-refractivity contribution < 1.29 is 42.5 Å². The number of fused-ring (bicyclic) bond motifs is 1. The van der Waals surface area contributed by atoms with Gasteiger partial charge in [0.15, 0.2) is 5.54 Å². The van der Waals surface area contributed by atoms with E-state index >= 15 is 0 Å². The number of nitrogens with zero attached hydrogens (tertiary/aromatic N) is 2. The highest BCUT2D eigenvalue weighted by atomic mass is 32.2. The number of carboxylic acid groups (broad SMARTS) is 2. The van der Waals surface area contributed by atoms with E-state index in [-0.39, 0.29) is 5.16 Å². The predicted octanol–water partition coefficient (Wildman–Crippen LogP) is 4.67. The first-order valence-electron chi connectivity index (χ1n) is 12.1. The molecule has 38 heavy (non-hydrogen) atoms. The van der Waals surface area contributed by atoms with Crippen LogP contribution < -0.4 is 5.32 Å². The summed E-state index contributed by atoms with van der Waals surface area (Å²) < 4.78 is 45.0. The number of thioether (sulfide) groups is 1. The van der Waals surface area contributed by atoms with Gasteiger partial charge in [-0.2, -0.15) is 18.2 Å². The maximum absolute atomic E-state index is 13.4. The van der Waals surface area contributed by atoms with Crippen LogP contribution in [-0.4, -0.2) is 59.8 Å². The van der Waals surface area contributed by atoms with Crippen molar-refractivity contribution in [2.75, 3.05) is 0 Å². The Morgan fingerprint density at radius 1 is 1.03 bits per heavy atom. The molecule has 2 aliphatic rings. The molecule has 0 spiro atoms. The Kier molecular flexibility index (Phi) is 6.92. The summed E-state index contributed by atoms with van der Waals surface area (Å²) in [6, 6.07) is 0. The second-order valence-corrected chi connectivity index (χ2v) is 14.2. The third kappa shape index (κ3) is 4.51. The van der Waals surface area contributed by atoms with E-state index in [2.05, 4.69) is 15.4 Å². The molecule has 214 valence electrons. The fourth-order valence-electron chi connectivity index (χ4n) is 6.83. The van der Waals surface area contributed by atoms with Crippen molar-refractivity contribution in [3.05, 3.63) is 5.82 Å². The van der Waals surface area contributed by atoms with Crippen LogP contribution in [0, 0.1) is 34.0 Å². The molecule has 4 N–H and O–H groups in total. The summed E-state index contributed by atoms with van der Waals surface area (Å²) in [6.45, 7) is 15.2. The second kappa shape index (κ2) is 8.75. The number of alkyl halides is 3. The molecule has 2 fully saturated rings. The monoisotopic (exact) mass is 564 g/mol. The van der Waals surface area contributed by atoms with E-state index in [9.17, 15) is 37.8 Å². The van der Waals surface area contributed by atoms with Crippen LogP contribution in [0.25, 0.3) is 0 Å². The van der Waals surface area contributed by atoms with Gasteiger partial charge in [0.05, 0.1) is 5.92 Å². The minimum atomic E-state index is -4.79. The molecule has 1 amide bonds. The van der Waals surface area contributed by atoms with Crippen molar-refractivity contribution in [1.29, 1.82) is 0 Å². The molecule has 3 rings (SSSR count). The first-order valence-corrected chi connectivity index (χ1v) is 12.9. The van der Waals surface area contributed by atoms with Crippen LogP contribution in [0.15, 0.2) is 5.16 Å². The molecule has 0 aliphatic heterocycles. The number of ether oxygens (including phenoxy) is 1. The van der Waals surface area contributed by atoms with E-state index in [0.29, 0.717) is 0 Å². The number of carbonyl (C=O) groups excluding carboxylic acids is 1. The molecule has 2 saturated carbocycles. The molecule has 0 bridgehead atoms. The summed E-state index contributed by atoms with van der Waals surface area (Å²) in [5, 5.41) is 28.1. The maximum atomic E-state index is 13.4. The molecule has 2 aliphatic carbocycles. The SMILES string of the molecule is CC(C)(C)OC(=O)N[C@@]1(C(=O)O)C(C(C)(C)C)[C@H](Sc2n[nH]c(C(F)(F)F)n2)[C@@H]2[C@@H](C(=O)O)[C@]21C(C)(C)C. The Morgan fingerprint density at radius 2 is 1.58 bits per heavy atom. The number of amides is 1. The highest BCUT2D eigenvalue weighted by Crippen LogP contribution is 2.83. The molecule has 6 atom stereocenters. The summed E-state index contributed by atoms with van der Waals surface area (Å²) >= 11 is 0.796. The number of hydrogen-bond acceptors (Lipinski definition) is 7. The Balaban J connectivity index is 2.29. The number of aromatic amines is 1. The van der Waals surface area contributed by atoms with Gasteiger partial charge in [0.25, 0.3) is 0 Å². The zero-order valence-electron chi connectivity index (χ0n) is 22.8. The average molecular weight is 565 g/mol. The number of aromatic nitrogens is 3. The molecule has 10 nitrogen and oxygen atoms in total. The molecular formula is C24H35F3N4O6S. The van der Waals surface area contributed by atoms with Crippen LogP contribution in [0.2, 0.25) is 0 Å². The van der Waals surface area contributed by atoms with Crippen LogP contribution in [0.5, 0.6) is 0 Å².